The molecule has 1 heterocycles. The first-order valence-corrected chi connectivity index (χ1v) is 8.39. The van der Waals surface area contributed by atoms with Crippen molar-refractivity contribution < 1.29 is 0 Å². The van der Waals surface area contributed by atoms with Gasteiger partial charge in [0.15, 0.2) is 0 Å². The van der Waals surface area contributed by atoms with Crippen LogP contribution in [0.5, 0.6) is 0 Å². The van der Waals surface area contributed by atoms with Gasteiger partial charge < -0.3 is 0 Å². The van der Waals surface area contributed by atoms with Crippen molar-refractivity contribution in [3.8, 4) is 5.69 Å². The van der Waals surface area contributed by atoms with E-state index in [9.17, 15) is 0 Å². The molecule has 0 aliphatic heterocycles. The van der Waals surface area contributed by atoms with Crippen molar-refractivity contribution in [3.63, 3.8) is 0 Å². The summed E-state index contributed by atoms with van der Waals surface area (Å²) >= 11 is 0. The minimum Gasteiger partial charge on any atom is -0.220 e. The first kappa shape index (κ1) is 15.5. The van der Waals surface area contributed by atoms with E-state index in [4.69, 9.17) is 0 Å². The number of rotatable bonds is 7. The van der Waals surface area contributed by atoms with Crippen molar-refractivity contribution in [3.05, 3.63) is 77.6 Å². The van der Waals surface area contributed by atoms with Gasteiger partial charge in [0.05, 0.1) is 17.6 Å². The normalized spacial score (nSPS) is 10.8. The molecule has 0 atom stereocenters. The predicted molar refractivity (Wildman–Crippen MR) is 93.8 cm³/mol. The maximum absolute atomic E-state index is 4.28. The molecule has 0 fully saturated rings. The van der Waals surface area contributed by atoms with Crippen LogP contribution in [0.1, 0.15) is 36.6 Å². The number of hydrogen-bond acceptors (Lipinski definition) is 2. The molecule has 23 heavy (non-hydrogen) atoms. The summed E-state index contributed by atoms with van der Waals surface area (Å²) in [7, 11) is 0. The van der Waals surface area contributed by atoms with Crippen LogP contribution in [0.2, 0.25) is 0 Å². The molecule has 3 rings (SSSR count). The average molecular weight is 305 g/mol. The number of para-hydroxylation sites is 1. The summed E-state index contributed by atoms with van der Waals surface area (Å²) in [5.41, 5.74) is 4.88. The van der Waals surface area contributed by atoms with Crippen LogP contribution in [0.25, 0.3) is 5.69 Å². The largest absolute Gasteiger partial charge is 0.220 e. The summed E-state index contributed by atoms with van der Waals surface area (Å²) in [5, 5.41) is 8.49. The number of aryl methyl sites for hydroxylation is 3. The van der Waals surface area contributed by atoms with Gasteiger partial charge in [-0.25, -0.2) is 4.68 Å². The third kappa shape index (κ3) is 4.28. The Kier molecular flexibility index (Phi) is 5.20. The van der Waals surface area contributed by atoms with Crippen molar-refractivity contribution in [1.29, 1.82) is 0 Å². The van der Waals surface area contributed by atoms with E-state index in [0.717, 1.165) is 24.2 Å². The first-order chi connectivity index (χ1) is 11.3. The molecule has 0 radical (unpaired) electrons. The topological polar surface area (TPSA) is 30.7 Å². The van der Waals surface area contributed by atoms with E-state index in [1.54, 1.807) is 0 Å². The summed E-state index contributed by atoms with van der Waals surface area (Å²) in [6.07, 6.45) is 7.64. The fraction of sp³-hybridized carbons (Fsp3) is 0.300. The Morgan fingerprint density at radius 2 is 1.52 bits per heavy atom. The Hall–Kier alpha value is -2.42. The zero-order chi connectivity index (χ0) is 15.9. The summed E-state index contributed by atoms with van der Waals surface area (Å²) < 4.78 is 1.84. The standard InChI is InChI=1S/C20H23N3/c1-2-3-7-17-10-12-18(13-11-17)14-15-19-16-23(22-21-19)20-8-5-4-6-9-20/h4-6,8-13,16H,2-3,7,14-15H2,1H3. The number of benzene rings is 2. The molecule has 118 valence electrons. The van der Waals surface area contributed by atoms with Crippen molar-refractivity contribution in [2.24, 2.45) is 0 Å². The van der Waals surface area contributed by atoms with E-state index >= 15 is 0 Å². The summed E-state index contributed by atoms with van der Waals surface area (Å²) in [6.45, 7) is 2.23. The number of aromatic nitrogens is 3. The van der Waals surface area contributed by atoms with E-state index in [2.05, 4.69) is 41.5 Å². The molecule has 3 aromatic rings. The highest BCUT2D eigenvalue weighted by Crippen LogP contribution is 2.11. The van der Waals surface area contributed by atoms with Crippen LogP contribution in [-0.2, 0) is 19.3 Å². The first-order valence-electron chi connectivity index (χ1n) is 8.39. The SMILES string of the molecule is CCCCc1ccc(CCc2cn(-c3ccccc3)nn2)cc1. The molecule has 0 aliphatic rings. The fourth-order valence-electron chi connectivity index (χ4n) is 2.65. The van der Waals surface area contributed by atoms with Crippen molar-refractivity contribution in [2.45, 2.75) is 39.0 Å². The summed E-state index contributed by atoms with van der Waals surface area (Å²) in [4.78, 5) is 0. The smallest absolute Gasteiger partial charge is 0.0835 e. The average Bonchev–Trinajstić information content (AvgIpc) is 3.09. The second-order valence-corrected chi connectivity index (χ2v) is 5.91. The number of nitrogens with zero attached hydrogens (tertiary/aromatic N) is 3. The molecule has 0 unspecified atom stereocenters. The van der Waals surface area contributed by atoms with Gasteiger partial charge in [0.2, 0.25) is 0 Å². The lowest BCUT2D eigenvalue weighted by molar-refractivity contribution is 0.791. The van der Waals surface area contributed by atoms with Gasteiger partial charge in [-0.3, -0.25) is 0 Å². The number of unbranched alkanes of at least 4 members (excludes halogenated alkanes) is 1. The van der Waals surface area contributed by atoms with Crippen LogP contribution in [0.15, 0.2) is 60.8 Å². The molecule has 3 heteroatoms. The zero-order valence-electron chi connectivity index (χ0n) is 13.7. The molecule has 0 amide bonds. The van der Waals surface area contributed by atoms with Crippen LogP contribution in [-0.4, -0.2) is 15.0 Å². The van der Waals surface area contributed by atoms with Gasteiger partial charge in [-0.05, 0) is 48.9 Å². The molecule has 3 nitrogen and oxygen atoms in total. The second kappa shape index (κ2) is 7.73. The molecule has 0 aliphatic carbocycles. The monoisotopic (exact) mass is 305 g/mol. The van der Waals surface area contributed by atoms with Crippen molar-refractivity contribution in [2.75, 3.05) is 0 Å². The van der Waals surface area contributed by atoms with E-state index < -0.39 is 0 Å². The molecule has 0 saturated carbocycles. The van der Waals surface area contributed by atoms with Gasteiger partial charge in [-0.15, -0.1) is 5.10 Å². The molecule has 0 N–H and O–H groups in total. The molecule has 0 saturated heterocycles. The molecular weight excluding hydrogens is 282 g/mol. The highest BCUT2D eigenvalue weighted by Gasteiger charge is 2.03. The van der Waals surface area contributed by atoms with Gasteiger partial charge in [0, 0.05) is 0 Å². The minimum atomic E-state index is 0.918. The Balaban J connectivity index is 1.57. The molecule has 0 bridgehead atoms. The van der Waals surface area contributed by atoms with Gasteiger partial charge in [-0.1, -0.05) is 61.0 Å². The highest BCUT2D eigenvalue weighted by molar-refractivity contribution is 5.30. The minimum absolute atomic E-state index is 0.918. The summed E-state index contributed by atoms with van der Waals surface area (Å²) in [6, 6.07) is 19.1. The lowest BCUT2D eigenvalue weighted by atomic mass is 10.0. The van der Waals surface area contributed by atoms with Crippen LogP contribution >= 0.6 is 0 Å². The Bertz CT molecular complexity index is 714. The van der Waals surface area contributed by atoms with Crippen LogP contribution in [0, 0.1) is 0 Å². The Morgan fingerprint density at radius 1 is 0.826 bits per heavy atom. The molecule has 1 aromatic heterocycles. The molecule has 2 aromatic carbocycles. The van der Waals surface area contributed by atoms with Crippen LogP contribution in [0.3, 0.4) is 0 Å². The molecular formula is C20H23N3. The highest BCUT2D eigenvalue weighted by atomic mass is 15.4. The van der Waals surface area contributed by atoms with Gasteiger partial charge >= 0.3 is 0 Å². The lowest BCUT2D eigenvalue weighted by Crippen LogP contribution is -1.93. The van der Waals surface area contributed by atoms with Gasteiger partial charge in [0.1, 0.15) is 0 Å². The van der Waals surface area contributed by atoms with Crippen molar-refractivity contribution >= 4 is 0 Å². The lowest BCUT2D eigenvalue weighted by Gasteiger charge is -2.03. The third-order valence-electron chi connectivity index (χ3n) is 4.07. The quantitative estimate of drug-likeness (QED) is 0.648. The van der Waals surface area contributed by atoms with E-state index in [-0.39, 0.29) is 0 Å². The maximum atomic E-state index is 4.28. The fourth-order valence-corrected chi connectivity index (χ4v) is 2.65. The van der Waals surface area contributed by atoms with Gasteiger partial charge in [-0.2, -0.15) is 0 Å². The predicted octanol–water partition coefficient (Wildman–Crippen LogP) is 4.40. The maximum Gasteiger partial charge on any atom is 0.0835 e. The Morgan fingerprint density at radius 3 is 2.22 bits per heavy atom. The molecule has 0 spiro atoms. The van der Waals surface area contributed by atoms with Crippen LogP contribution < -0.4 is 0 Å². The van der Waals surface area contributed by atoms with Gasteiger partial charge in [0.25, 0.3) is 0 Å². The van der Waals surface area contributed by atoms with Crippen molar-refractivity contribution in [1.82, 2.24) is 15.0 Å². The summed E-state index contributed by atoms with van der Waals surface area (Å²) in [5.74, 6) is 0. The zero-order valence-corrected chi connectivity index (χ0v) is 13.7. The van der Waals surface area contributed by atoms with E-state index in [0.29, 0.717) is 0 Å². The number of hydrogen-bond donors (Lipinski definition) is 0. The second-order valence-electron chi connectivity index (χ2n) is 5.91. The van der Waals surface area contributed by atoms with Crippen LogP contribution in [0.4, 0.5) is 0 Å². The third-order valence-corrected chi connectivity index (χ3v) is 4.07. The Labute approximate surface area is 138 Å². The van der Waals surface area contributed by atoms with E-state index in [1.807, 2.05) is 41.2 Å². The van der Waals surface area contributed by atoms with E-state index in [1.165, 1.54) is 30.4 Å².